The predicted octanol–water partition coefficient (Wildman–Crippen LogP) is 3.04. The third-order valence-electron chi connectivity index (χ3n) is 4.41. The van der Waals surface area contributed by atoms with Crippen molar-refractivity contribution in [1.29, 1.82) is 0 Å². The van der Waals surface area contributed by atoms with Crippen molar-refractivity contribution in [2.24, 2.45) is 4.99 Å². The minimum absolute atomic E-state index is 0.645. The number of nitrogens with zero attached hydrogens (tertiary/aromatic N) is 5. The maximum absolute atomic E-state index is 4.82. The maximum atomic E-state index is 4.82. The lowest BCUT2D eigenvalue weighted by molar-refractivity contribution is 0.471. The number of hydrogen-bond acceptors (Lipinski definition) is 5. The van der Waals surface area contributed by atoms with Gasteiger partial charge in [-0.3, -0.25) is 0 Å². The van der Waals surface area contributed by atoms with Crippen molar-refractivity contribution in [3.05, 3.63) is 40.0 Å². The first-order chi connectivity index (χ1) is 12.7. The molecule has 0 radical (unpaired) electrons. The molecule has 0 aliphatic carbocycles. The van der Waals surface area contributed by atoms with Crippen LogP contribution in [-0.4, -0.2) is 47.5 Å². The van der Waals surface area contributed by atoms with E-state index >= 15 is 0 Å². The van der Waals surface area contributed by atoms with E-state index in [0.717, 1.165) is 48.7 Å². The van der Waals surface area contributed by atoms with Crippen LogP contribution in [0.15, 0.2) is 28.7 Å². The smallest absolute Gasteiger partial charge is 0.194 e. The maximum Gasteiger partial charge on any atom is 0.194 e. The number of aromatic nitrogens is 2. The molecule has 140 valence electrons. The second-order valence-electron chi connectivity index (χ2n) is 6.60. The molecule has 0 spiro atoms. The van der Waals surface area contributed by atoms with E-state index in [0.29, 0.717) is 6.54 Å². The van der Waals surface area contributed by atoms with Crippen LogP contribution in [0.1, 0.15) is 36.0 Å². The molecule has 1 N–H and O–H groups in total. The highest BCUT2D eigenvalue weighted by molar-refractivity contribution is 7.09. The third-order valence-corrected chi connectivity index (χ3v) is 5.24. The van der Waals surface area contributed by atoms with Crippen LogP contribution in [0, 0.1) is 6.92 Å². The van der Waals surface area contributed by atoms with Crippen LogP contribution in [-0.2, 0) is 13.1 Å². The Labute approximate surface area is 160 Å². The summed E-state index contributed by atoms with van der Waals surface area (Å²) in [4.78, 5) is 18.4. The van der Waals surface area contributed by atoms with Gasteiger partial charge in [0.15, 0.2) is 5.96 Å². The lowest BCUT2D eigenvalue weighted by Crippen LogP contribution is -2.38. The highest BCUT2D eigenvalue weighted by Crippen LogP contribution is 2.19. The molecule has 2 aromatic heterocycles. The lowest BCUT2D eigenvalue weighted by Gasteiger charge is -2.21. The molecule has 3 rings (SSSR count). The van der Waals surface area contributed by atoms with Crippen LogP contribution < -0.4 is 10.2 Å². The van der Waals surface area contributed by atoms with Gasteiger partial charge in [0.2, 0.25) is 0 Å². The van der Waals surface area contributed by atoms with E-state index in [4.69, 9.17) is 4.99 Å². The third kappa shape index (κ3) is 4.94. The largest absolute Gasteiger partial charge is 0.357 e. The van der Waals surface area contributed by atoms with Gasteiger partial charge >= 0.3 is 0 Å². The molecule has 0 aromatic carbocycles. The van der Waals surface area contributed by atoms with Gasteiger partial charge in [0.1, 0.15) is 5.82 Å². The van der Waals surface area contributed by atoms with Crippen molar-refractivity contribution < 1.29 is 0 Å². The van der Waals surface area contributed by atoms with Gasteiger partial charge in [-0.05, 0) is 44.4 Å². The second kappa shape index (κ2) is 8.98. The van der Waals surface area contributed by atoms with E-state index < -0.39 is 0 Å². The molecule has 7 heteroatoms. The summed E-state index contributed by atoms with van der Waals surface area (Å²) >= 11 is 1.69. The molecule has 0 bridgehead atoms. The van der Waals surface area contributed by atoms with Crippen LogP contribution in [0.5, 0.6) is 0 Å². The molecule has 26 heavy (non-hydrogen) atoms. The molecular formula is C19H28N6S. The topological polar surface area (TPSA) is 56.7 Å². The molecule has 0 amide bonds. The number of aryl methyl sites for hydroxylation is 1. The zero-order chi connectivity index (χ0) is 18.4. The lowest BCUT2D eigenvalue weighted by atomic mass is 10.2. The number of anilines is 1. The molecule has 2 aromatic rings. The molecule has 6 nitrogen and oxygen atoms in total. The van der Waals surface area contributed by atoms with Crippen LogP contribution in [0.25, 0.3) is 0 Å². The minimum atomic E-state index is 0.645. The van der Waals surface area contributed by atoms with Gasteiger partial charge in [-0.25, -0.2) is 15.0 Å². The highest BCUT2D eigenvalue weighted by Gasteiger charge is 2.14. The van der Waals surface area contributed by atoms with Gasteiger partial charge < -0.3 is 15.1 Å². The molecule has 1 aliphatic heterocycles. The fraction of sp³-hybridized carbons (Fsp3) is 0.526. The summed E-state index contributed by atoms with van der Waals surface area (Å²) in [6, 6.07) is 4.22. The summed E-state index contributed by atoms with van der Waals surface area (Å²) in [5.41, 5.74) is 2.27. The molecule has 1 fully saturated rings. The van der Waals surface area contributed by atoms with Gasteiger partial charge in [0.25, 0.3) is 0 Å². The average molecular weight is 373 g/mol. The van der Waals surface area contributed by atoms with Gasteiger partial charge in [-0.2, -0.15) is 0 Å². The summed E-state index contributed by atoms with van der Waals surface area (Å²) in [6.45, 7) is 8.59. The molecule has 3 heterocycles. The van der Waals surface area contributed by atoms with Crippen molar-refractivity contribution in [1.82, 2.24) is 20.2 Å². The zero-order valence-corrected chi connectivity index (χ0v) is 16.7. The fourth-order valence-corrected chi connectivity index (χ4v) is 3.72. The summed E-state index contributed by atoms with van der Waals surface area (Å²) in [5, 5.41) is 6.59. The van der Waals surface area contributed by atoms with Crippen molar-refractivity contribution >= 4 is 23.1 Å². The molecule has 0 saturated carbocycles. The zero-order valence-electron chi connectivity index (χ0n) is 15.9. The van der Waals surface area contributed by atoms with Crippen LogP contribution in [0.2, 0.25) is 0 Å². The van der Waals surface area contributed by atoms with E-state index in [1.54, 1.807) is 11.3 Å². The average Bonchev–Trinajstić information content (AvgIpc) is 3.31. The fourth-order valence-electron chi connectivity index (χ4n) is 3.11. The number of thiazole rings is 1. The summed E-state index contributed by atoms with van der Waals surface area (Å²) in [6.07, 6.45) is 4.41. The van der Waals surface area contributed by atoms with Gasteiger partial charge in [-0.15, -0.1) is 11.3 Å². The number of nitrogens with one attached hydrogen (secondary N) is 1. The molecule has 1 aliphatic rings. The van der Waals surface area contributed by atoms with E-state index in [9.17, 15) is 0 Å². The van der Waals surface area contributed by atoms with Gasteiger partial charge in [-0.1, -0.05) is 0 Å². The quantitative estimate of drug-likeness (QED) is 0.624. The molecule has 1 saturated heterocycles. The Morgan fingerprint density at radius 3 is 2.88 bits per heavy atom. The van der Waals surface area contributed by atoms with E-state index in [1.165, 1.54) is 18.4 Å². The SMILES string of the molecule is CCNC(=NCc1ccnc(N2CCCC2)c1)N(C)Cc1csc(C)n1. The summed E-state index contributed by atoms with van der Waals surface area (Å²) < 4.78 is 0. The van der Waals surface area contributed by atoms with Crippen molar-refractivity contribution in [2.75, 3.05) is 31.6 Å². The highest BCUT2D eigenvalue weighted by atomic mass is 32.1. The predicted molar refractivity (Wildman–Crippen MR) is 109 cm³/mol. The minimum Gasteiger partial charge on any atom is -0.357 e. The number of rotatable bonds is 6. The Balaban J connectivity index is 1.67. The van der Waals surface area contributed by atoms with Crippen LogP contribution in [0.3, 0.4) is 0 Å². The second-order valence-corrected chi connectivity index (χ2v) is 7.66. The van der Waals surface area contributed by atoms with Gasteiger partial charge in [0.05, 0.1) is 23.8 Å². The Hall–Kier alpha value is -2.15. The van der Waals surface area contributed by atoms with E-state index in [2.05, 4.69) is 56.6 Å². The number of guanidine groups is 1. The Morgan fingerprint density at radius 1 is 1.38 bits per heavy atom. The number of aliphatic imine (C=N–C) groups is 1. The molecular weight excluding hydrogens is 344 g/mol. The first kappa shape index (κ1) is 18.6. The Kier molecular flexibility index (Phi) is 6.44. The first-order valence-corrected chi connectivity index (χ1v) is 10.1. The standard InChI is InChI=1S/C19H28N6S/c1-4-20-19(24(3)13-17-14-26-15(2)23-17)22-12-16-7-8-21-18(11-16)25-9-5-6-10-25/h7-8,11,14H,4-6,9-10,12-13H2,1-3H3,(H,20,22). The van der Waals surface area contributed by atoms with E-state index in [-0.39, 0.29) is 0 Å². The van der Waals surface area contributed by atoms with E-state index in [1.807, 2.05) is 13.1 Å². The number of pyridine rings is 1. The Bertz CT molecular complexity index is 735. The summed E-state index contributed by atoms with van der Waals surface area (Å²) in [5.74, 6) is 1.98. The Morgan fingerprint density at radius 2 is 2.19 bits per heavy atom. The van der Waals surface area contributed by atoms with Gasteiger partial charge in [0, 0.05) is 38.3 Å². The molecule has 0 unspecified atom stereocenters. The van der Waals surface area contributed by atoms with Crippen LogP contribution in [0.4, 0.5) is 5.82 Å². The van der Waals surface area contributed by atoms with Crippen molar-refractivity contribution in [3.8, 4) is 0 Å². The normalized spacial score (nSPS) is 14.7. The van der Waals surface area contributed by atoms with Crippen molar-refractivity contribution in [2.45, 2.75) is 39.8 Å². The molecule has 0 atom stereocenters. The summed E-state index contributed by atoms with van der Waals surface area (Å²) in [7, 11) is 2.05. The monoisotopic (exact) mass is 372 g/mol. The van der Waals surface area contributed by atoms with Crippen molar-refractivity contribution in [3.63, 3.8) is 0 Å². The number of hydrogen-bond donors (Lipinski definition) is 1. The first-order valence-electron chi connectivity index (χ1n) is 9.26. The van der Waals surface area contributed by atoms with Crippen LogP contribution >= 0.6 is 11.3 Å².